The van der Waals surface area contributed by atoms with E-state index in [4.69, 9.17) is 0 Å². The zero-order valence-corrected chi connectivity index (χ0v) is 11.3. The first-order valence-electron chi connectivity index (χ1n) is 6.77. The average Bonchev–Trinajstić information content (AvgIpc) is 2.82. The molecule has 0 atom stereocenters. The molecule has 2 aromatic heterocycles. The minimum absolute atomic E-state index is 0.450. The number of hydrogen-bond acceptors (Lipinski definition) is 4. The van der Waals surface area contributed by atoms with E-state index >= 15 is 0 Å². The minimum atomic E-state index is 0.450. The third kappa shape index (κ3) is 1.74. The Morgan fingerprint density at radius 3 is 2.80 bits per heavy atom. The van der Waals surface area contributed by atoms with Crippen LogP contribution in [0.25, 0.3) is 11.0 Å². The lowest BCUT2D eigenvalue weighted by atomic mass is 10.1. The molecule has 100 valence electrons. The molecule has 5 heteroatoms. The van der Waals surface area contributed by atoms with Crippen molar-refractivity contribution in [3.63, 3.8) is 0 Å². The van der Waals surface area contributed by atoms with E-state index in [9.17, 15) is 0 Å². The van der Waals surface area contributed by atoms with E-state index in [1.807, 2.05) is 37.6 Å². The lowest BCUT2D eigenvalue weighted by Crippen LogP contribution is -2.48. The predicted molar refractivity (Wildman–Crippen MR) is 77.8 cm³/mol. The van der Waals surface area contributed by atoms with Crippen LogP contribution in [0.15, 0.2) is 42.9 Å². The van der Waals surface area contributed by atoms with Crippen LogP contribution in [0.1, 0.15) is 11.7 Å². The Morgan fingerprint density at radius 1 is 1.10 bits per heavy atom. The van der Waals surface area contributed by atoms with Crippen LogP contribution in [0.3, 0.4) is 0 Å². The van der Waals surface area contributed by atoms with Gasteiger partial charge in [-0.15, -0.1) is 0 Å². The Balaban J connectivity index is 1.56. The van der Waals surface area contributed by atoms with Gasteiger partial charge in [-0.05, 0) is 25.1 Å². The molecular formula is C15H15N5. The van der Waals surface area contributed by atoms with Crippen molar-refractivity contribution in [1.29, 1.82) is 0 Å². The fourth-order valence-electron chi connectivity index (χ4n) is 2.65. The predicted octanol–water partition coefficient (Wildman–Crippen LogP) is 2.20. The Kier molecular flexibility index (Phi) is 2.45. The Hall–Kier alpha value is -2.43. The van der Waals surface area contributed by atoms with E-state index in [0.29, 0.717) is 6.04 Å². The molecule has 1 saturated heterocycles. The molecular weight excluding hydrogens is 250 g/mol. The van der Waals surface area contributed by atoms with E-state index in [1.165, 1.54) is 5.52 Å². The molecule has 0 aliphatic carbocycles. The maximum Gasteiger partial charge on any atom is 0.225 e. The molecule has 0 radical (unpaired) electrons. The normalized spacial score (nSPS) is 15.6. The first-order valence-corrected chi connectivity index (χ1v) is 6.77. The van der Waals surface area contributed by atoms with E-state index < -0.39 is 0 Å². The number of aromatic nitrogens is 4. The number of anilines is 1. The molecule has 0 spiro atoms. The van der Waals surface area contributed by atoms with E-state index in [0.717, 1.165) is 30.2 Å². The molecule has 1 aliphatic rings. The van der Waals surface area contributed by atoms with Crippen LogP contribution < -0.4 is 4.90 Å². The van der Waals surface area contributed by atoms with Crippen molar-refractivity contribution in [2.45, 2.75) is 13.0 Å². The summed E-state index contributed by atoms with van der Waals surface area (Å²) in [5.41, 5.74) is 3.26. The summed E-state index contributed by atoms with van der Waals surface area (Å²) in [7, 11) is 0. The van der Waals surface area contributed by atoms with Crippen LogP contribution in [0, 0.1) is 6.92 Å². The standard InChI is InChI=1S/C15H15N5/c1-11-6-7-16-15(18-11)19-8-12(9-19)20-10-17-13-4-2-3-5-14(13)20/h2-7,10,12H,8-9H2,1H3. The topological polar surface area (TPSA) is 46.8 Å². The molecule has 20 heavy (non-hydrogen) atoms. The number of imidazole rings is 1. The summed E-state index contributed by atoms with van der Waals surface area (Å²) in [6.07, 6.45) is 3.75. The van der Waals surface area contributed by atoms with Crippen molar-refractivity contribution in [3.05, 3.63) is 48.5 Å². The summed E-state index contributed by atoms with van der Waals surface area (Å²) in [5.74, 6) is 0.825. The fraction of sp³-hybridized carbons (Fsp3) is 0.267. The second-order valence-corrected chi connectivity index (χ2v) is 5.20. The number of rotatable bonds is 2. The highest BCUT2D eigenvalue weighted by molar-refractivity contribution is 5.75. The first kappa shape index (κ1) is 11.4. The summed E-state index contributed by atoms with van der Waals surface area (Å²) in [6.45, 7) is 3.86. The van der Waals surface area contributed by atoms with Gasteiger partial charge in [0.25, 0.3) is 0 Å². The summed E-state index contributed by atoms with van der Waals surface area (Å²) in [6, 6.07) is 10.6. The zero-order valence-electron chi connectivity index (χ0n) is 11.3. The van der Waals surface area contributed by atoms with E-state index in [2.05, 4.69) is 36.6 Å². The minimum Gasteiger partial charge on any atom is -0.337 e. The van der Waals surface area contributed by atoms with Gasteiger partial charge in [0.2, 0.25) is 5.95 Å². The number of aryl methyl sites for hydroxylation is 1. The van der Waals surface area contributed by atoms with Crippen molar-refractivity contribution in [2.24, 2.45) is 0 Å². The van der Waals surface area contributed by atoms with Crippen LogP contribution in [-0.2, 0) is 0 Å². The highest BCUT2D eigenvalue weighted by atomic mass is 15.3. The van der Waals surface area contributed by atoms with Crippen molar-refractivity contribution < 1.29 is 0 Å². The van der Waals surface area contributed by atoms with Gasteiger partial charge in [0.1, 0.15) is 0 Å². The molecule has 0 bridgehead atoms. The van der Waals surface area contributed by atoms with Gasteiger partial charge in [-0.2, -0.15) is 0 Å². The molecule has 5 nitrogen and oxygen atoms in total. The fourth-order valence-corrected chi connectivity index (χ4v) is 2.65. The van der Waals surface area contributed by atoms with Crippen LogP contribution in [0.2, 0.25) is 0 Å². The monoisotopic (exact) mass is 265 g/mol. The smallest absolute Gasteiger partial charge is 0.225 e. The summed E-state index contributed by atoms with van der Waals surface area (Å²) in [4.78, 5) is 15.4. The molecule has 0 N–H and O–H groups in total. The van der Waals surface area contributed by atoms with Crippen LogP contribution in [0.4, 0.5) is 5.95 Å². The molecule has 0 saturated carbocycles. The molecule has 0 amide bonds. The highest BCUT2D eigenvalue weighted by Gasteiger charge is 2.30. The number of para-hydroxylation sites is 2. The van der Waals surface area contributed by atoms with Crippen molar-refractivity contribution in [2.75, 3.05) is 18.0 Å². The largest absolute Gasteiger partial charge is 0.337 e. The first-order chi connectivity index (χ1) is 9.81. The van der Waals surface area contributed by atoms with Gasteiger partial charge in [-0.1, -0.05) is 12.1 Å². The number of nitrogens with zero attached hydrogens (tertiary/aromatic N) is 5. The lowest BCUT2D eigenvalue weighted by Gasteiger charge is -2.40. The van der Waals surface area contributed by atoms with Crippen molar-refractivity contribution in [1.82, 2.24) is 19.5 Å². The second kappa shape index (κ2) is 4.30. The van der Waals surface area contributed by atoms with Gasteiger partial charge in [-0.25, -0.2) is 15.0 Å². The number of benzene rings is 1. The van der Waals surface area contributed by atoms with Gasteiger partial charge in [0.15, 0.2) is 0 Å². The van der Waals surface area contributed by atoms with Crippen LogP contribution in [-0.4, -0.2) is 32.6 Å². The van der Waals surface area contributed by atoms with Gasteiger partial charge in [0, 0.05) is 25.0 Å². The van der Waals surface area contributed by atoms with Crippen molar-refractivity contribution >= 4 is 17.0 Å². The highest BCUT2D eigenvalue weighted by Crippen LogP contribution is 2.27. The van der Waals surface area contributed by atoms with Gasteiger partial charge < -0.3 is 9.47 Å². The van der Waals surface area contributed by atoms with Crippen LogP contribution in [0.5, 0.6) is 0 Å². The second-order valence-electron chi connectivity index (χ2n) is 5.20. The molecule has 0 unspecified atom stereocenters. The molecule has 4 rings (SSSR count). The summed E-state index contributed by atoms with van der Waals surface area (Å²) >= 11 is 0. The third-order valence-corrected chi connectivity index (χ3v) is 3.80. The van der Waals surface area contributed by atoms with Crippen molar-refractivity contribution in [3.8, 4) is 0 Å². The molecule has 1 aliphatic heterocycles. The average molecular weight is 265 g/mol. The summed E-state index contributed by atoms with van der Waals surface area (Å²) in [5, 5.41) is 0. The van der Waals surface area contributed by atoms with Crippen LogP contribution >= 0.6 is 0 Å². The number of hydrogen-bond donors (Lipinski definition) is 0. The SMILES string of the molecule is Cc1ccnc(N2CC(n3cnc4ccccc43)C2)n1. The Bertz CT molecular complexity index is 758. The maximum atomic E-state index is 4.46. The third-order valence-electron chi connectivity index (χ3n) is 3.80. The van der Waals surface area contributed by atoms with E-state index in [-0.39, 0.29) is 0 Å². The Morgan fingerprint density at radius 2 is 1.95 bits per heavy atom. The van der Waals surface area contributed by atoms with Gasteiger partial charge in [-0.3, -0.25) is 0 Å². The quantitative estimate of drug-likeness (QED) is 0.712. The molecule has 3 aromatic rings. The molecule has 1 aromatic carbocycles. The summed E-state index contributed by atoms with van der Waals surface area (Å²) < 4.78 is 2.25. The maximum absolute atomic E-state index is 4.46. The molecule has 3 heterocycles. The zero-order chi connectivity index (χ0) is 13.5. The number of fused-ring (bicyclic) bond motifs is 1. The van der Waals surface area contributed by atoms with E-state index in [1.54, 1.807) is 0 Å². The molecule has 1 fully saturated rings. The van der Waals surface area contributed by atoms with Gasteiger partial charge in [0.05, 0.1) is 23.4 Å². The van der Waals surface area contributed by atoms with Gasteiger partial charge >= 0.3 is 0 Å². The lowest BCUT2D eigenvalue weighted by molar-refractivity contribution is 0.402. The Labute approximate surface area is 116 Å².